The number of hydrogen-bond donors (Lipinski definition) is 0. The minimum Gasteiger partial charge on any atom is -0.306 e. The third kappa shape index (κ3) is 5.04. The van der Waals surface area contributed by atoms with Gasteiger partial charge < -0.3 is 9.13 Å². The molecule has 16 heteroatoms. The molecule has 0 bridgehead atoms. The Kier molecular flexibility index (Phi) is 5.97. The van der Waals surface area contributed by atoms with Gasteiger partial charge in [0, 0.05) is 14.1 Å². The van der Waals surface area contributed by atoms with Gasteiger partial charge >= 0.3 is 18.5 Å². The van der Waals surface area contributed by atoms with Crippen molar-refractivity contribution in [1.82, 2.24) is 29.5 Å². The number of nitrogens with zero attached hydrogens (tertiary/aromatic N) is 6. The van der Waals surface area contributed by atoms with Crippen molar-refractivity contribution in [2.45, 2.75) is 18.5 Å². The van der Waals surface area contributed by atoms with E-state index in [1.807, 2.05) is 0 Å². The van der Waals surface area contributed by atoms with Gasteiger partial charge in [-0.15, -0.1) is 31.7 Å². The molecule has 3 aromatic heterocycles. The summed E-state index contributed by atoms with van der Waals surface area (Å²) in [6.07, 6.45) is -14.3. The SMILES string of the molecule is Cn1c(-c2cccs2)nnc1C(F)(F)F.Cn1c(C(F)(F)F)nnc1C(F)(F)F. The maximum Gasteiger partial charge on any atom is 0.451 e. The van der Waals surface area contributed by atoms with Gasteiger partial charge in [0.1, 0.15) is 0 Å². The third-order valence-electron chi connectivity index (χ3n) is 3.25. The van der Waals surface area contributed by atoms with Gasteiger partial charge in [-0.25, -0.2) is 0 Å². The lowest BCUT2D eigenvalue weighted by atomic mass is 10.4. The van der Waals surface area contributed by atoms with Gasteiger partial charge in [-0.2, -0.15) is 39.5 Å². The first-order valence-electron chi connectivity index (χ1n) is 7.18. The Hall–Kier alpha value is -2.65. The number of alkyl halides is 9. The molecule has 0 fully saturated rings. The summed E-state index contributed by atoms with van der Waals surface area (Å²) >= 11 is 1.32. The second kappa shape index (κ2) is 7.64. The van der Waals surface area contributed by atoms with E-state index in [1.54, 1.807) is 17.5 Å². The molecule has 3 aromatic rings. The Morgan fingerprint density at radius 1 is 0.690 bits per heavy atom. The molecular weight excluding hydrogens is 443 g/mol. The monoisotopic (exact) mass is 452 g/mol. The van der Waals surface area contributed by atoms with Gasteiger partial charge in [0.15, 0.2) is 5.82 Å². The summed E-state index contributed by atoms with van der Waals surface area (Å²) in [5.41, 5.74) is 0. The second-order valence-corrected chi connectivity index (χ2v) is 6.23. The summed E-state index contributed by atoms with van der Waals surface area (Å²) < 4.78 is 110. The van der Waals surface area contributed by atoms with E-state index in [4.69, 9.17) is 0 Å². The molecule has 0 atom stereocenters. The lowest BCUT2D eigenvalue weighted by molar-refractivity contribution is -0.154. The highest BCUT2D eigenvalue weighted by atomic mass is 32.1. The van der Waals surface area contributed by atoms with E-state index < -0.39 is 36.0 Å². The van der Waals surface area contributed by atoms with E-state index in [2.05, 4.69) is 20.4 Å². The largest absolute Gasteiger partial charge is 0.451 e. The van der Waals surface area contributed by atoms with Crippen molar-refractivity contribution in [3.63, 3.8) is 0 Å². The molecule has 0 N–H and O–H groups in total. The number of thiophene rings is 1. The predicted molar refractivity (Wildman–Crippen MR) is 80.3 cm³/mol. The van der Waals surface area contributed by atoms with Crippen LogP contribution in [0.15, 0.2) is 17.5 Å². The molecule has 0 saturated heterocycles. The van der Waals surface area contributed by atoms with Crippen LogP contribution in [0.2, 0.25) is 0 Å². The van der Waals surface area contributed by atoms with Crippen LogP contribution in [-0.2, 0) is 32.6 Å². The predicted octanol–water partition coefficient (Wildman–Crippen LogP) is 4.42. The average molecular weight is 452 g/mol. The normalized spacial score (nSPS) is 12.7. The van der Waals surface area contributed by atoms with Crippen molar-refractivity contribution < 1.29 is 39.5 Å². The summed E-state index contributed by atoms with van der Waals surface area (Å²) in [7, 11) is 1.91. The molecule has 0 aliphatic carbocycles. The Morgan fingerprint density at radius 3 is 1.41 bits per heavy atom. The minimum atomic E-state index is -4.94. The van der Waals surface area contributed by atoms with Gasteiger partial charge in [0.05, 0.1) is 4.88 Å². The lowest BCUT2D eigenvalue weighted by Gasteiger charge is -2.07. The molecule has 160 valence electrons. The average Bonchev–Trinajstić information content (AvgIpc) is 3.23. The van der Waals surface area contributed by atoms with Crippen molar-refractivity contribution in [1.29, 1.82) is 0 Å². The second-order valence-electron chi connectivity index (χ2n) is 5.28. The van der Waals surface area contributed by atoms with Crippen molar-refractivity contribution in [3.05, 3.63) is 35.0 Å². The number of hydrogen-bond acceptors (Lipinski definition) is 5. The van der Waals surface area contributed by atoms with Gasteiger partial charge in [0.2, 0.25) is 17.5 Å². The molecule has 0 spiro atoms. The maximum absolute atomic E-state index is 12.4. The molecule has 6 nitrogen and oxygen atoms in total. The number of halogens is 9. The number of aromatic nitrogens is 6. The zero-order valence-corrected chi connectivity index (χ0v) is 15.0. The van der Waals surface area contributed by atoms with Crippen molar-refractivity contribution in [2.24, 2.45) is 14.1 Å². The smallest absolute Gasteiger partial charge is 0.306 e. The highest BCUT2D eigenvalue weighted by Gasteiger charge is 2.44. The van der Waals surface area contributed by atoms with Crippen molar-refractivity contribution in [3.8, 4) is 10.7 Å². The molecule has 29 heavy (non-hydrogen) atoms. The van der Waals surface area contributed by atoms with Crippen LogP contribution in [0.25, 0.3) is 10.7 Å². The van der Waals surface area contributed by atoms with Crippen LogP contribution in [0.1, 0.15) is 17.5 Å². The maximum atomic E-state index is 12.4. The molecule has 3 heterocycles. The van der Waals surface area contributed by atoms with Crippen LogP contribution in [0, 0.1) is 0 Å². The van der Waals surface area contributed by atoms with E-state index in [1.165, 1.54) is 18.4 Å². The molecule has 3 rings (SSSR count). The van der Waals surface area contributed by atoms with Crippen LogP contribution in [0.3, 0.4) is 0 Å². The Morgan fingerprint density at radius 2 is 1.10 bits per heavy atom. The fourth-order valence-corrected chi connectivity index (χ4v) is 2.76. The zero-order chi connectivity index (χ0) is 22.2. The quantitative estimate of drug-likeness (QED) is 0.513. The van der Waals surface area contributed by atoms with Crippen molar-refractivity contribution in [2.75, 3.05) is 0 Å². The fraction of sp³-hybridized carbons (Fsp3) is 0.385. The van der Waals surface area contributed by atoms with Crippen LogP contribution in [-0.4, -0.2) is 29.5 Å². The van der Waals surface area contributed by atoms with Crippen LogP contribution in [0.5, 0.6) is 0 Å². The Bertz CT molecular complexity index is 918. The molecule has 0 aliphatic heterocycles. The highest BCUT2D eigenvalue weighted by molar-refractivity contribution is 7.13. The lowest BCUT2D eigenvalue weighted by Crippen LogP contribution is -2.17. The van der Waals surface area contributed by atoms with Crippen molar-refractivity contribution >= 4 is 11.3 Å². The van der Waals surface area contributed by atoms with E-state index >= 15 is 0 Å². The summed E-state index contributed by atoms with van der Waals surface area (Å²) in [6.45, 7) is 0. The first-order chi connectivity index (χ1) is 13.1. The first kappa shape index (κ1) is 22.6. The highest BCUT2D eigenvalue weighted by Crippen LogP contribution is 2.33. The topological polar surface area (TPSA) is 61.4 Å². The molecular formula is C13H9F9N6S. The van der Waals surface area contributed by atoms with E-state index in [0.717, 1.165) is 4.57 Å². The van der Waals surface area contributed by atoms with E-state index in [9.17, 15) is 39.5 Å². The van der Waals surface area contributed by atoms with Gasteiger partial charge in [-0.3, -0.25) is 0 Å². The van der Waals surface area contributed by atoms with Crippen LogP contribution >= 0.6 is 11.3 Å². The fourth-order valence-electron chi connectivity index (χ4n) is 2.02. The summed E-state index contributed by atoms with van der Waals surface area (Å²) in [4.78, 5) is 0.667. The molecule has 0 aliphatic rings. The van der Waals surface area contributed by atoms with Gasteiger partial charge in [-0.05, 0) is 11.4 Å². The third-order valence-corrected chi connectivity index (χ3v) is 4.12. The van der Waals surface area contributed by atoms with Crippen LogP contribution in [0.4, 0.5) is 39.5 Å². The standard InChI is InChI=1S/C8H6F3N3S.C5H3F6N3/c1-14-6(5-3-2-4-15-5)12-13-7(14)8(9,10)11;1-14-2(4(6,7)8)12-13-3(14)5(9,10)11/h2-4H,1H3;1H3. The zero-order valence-electron chi connectivity index (χ0n) is 14.2. The molecule has 0 amide bonds. The molecule has 0 radical (unpaired) electrons. The minimum absolute atomic E-state index is 0.139. The van der Waals surface area contributed by atoms with Gasteiger partial charge in [0.25, 0.3) is 0 Å². The summed E-state index contributed by atoms with van der Waals surface area (Å²) in [5.74, 6) is -4.10. The first-order valence-corrected chi connectivity index (χ1v) is 8.06. The molecule has 0 saturated carbocycles. The number of rotatable bonds is 1. The van der Waals surface area contributed by atoms with Gasteiger partial charge in [-0.1, -0.05) is 6.07 Å². The Labute approximate surface area is 159 Å². The van der Waals surface area contributed by atoms with E-state index in [0.29, 0.717) is 11.9 Å². The Balaban J connectivity index is 0.000000208. The molecule has 0 unspecified atom stereocenters. The van der Waals surface area contributed by atoms with Crippen LogP contribution < -0.4 is 0 Å². The summed E-state index contributed by atoms with van der Waals surface area (Å²) in [5, 5.41) is 13.3. The summed E-state index contributed by atoms with van der Waals surface area (Å²) in [6, 6.07) is 3.46. The van der Waals surface area contributed by atoms with E-state index in [-0.39, 0.29) is 10.4 Å². The molecule has 0 aromatic carbocycles.